The second-order valence-corrected chi connectivity index (χ2v) is 6.86. The number of rotatable bonds is 2. The molecule has 2 rings (SSSR count). The van der Waals surface area contributed by atoms with E-state index in [0.29, 0.717) is 17.2 Å². The smallest absolute Gasteiger partial charge is 0.178 e. The Balaban J connectivity index is 2.40. The summed E-state index contributed by atoms with van der Waals surface area (Å²) in [7, 11) is -3.02. The normalized spacial score (nSPS) is 18.4. The van der Waals surface area contributed by atoms with Gasteiger partial charge in [-0.3, -0.25) is 0 Å². The highest BCUT2D eigenvalue weighted by Gasteiger charge is 2.23. The van der Waals surface area contributed by atoms with Crippen LogP contribution in [-0.4, -0.2) is 14.2 Å². The van der Waals surface area contributed by atoms with Crippen LogP contribution < -0.4 is 0 Å². The molecule has 1 aliphatic rings. The first kappa shape index (κ1) is 11.6. The van der Waals surface area contributed by atoms with Crippen LogP contribution in [0, 0.1) is 12.3 Å². The summed E-state index contributed by atoms with van der Waals surface area (Å²) >= 11 is 0. The Bertz CT molecular complexity index is 487. The molecule has 0 atom stereocenters. The first-order valence-electron chi connectivity index (χ1n) is 5.68. The lowest BCUT2D eigenvalue weighted by molar-refractivity contribution is 0.591. The van der Waals surface area contributed by atoms with Crippen molar-refractivity contribution in [3.63, 3.8) is 0 Å². The first-order chi connectivity index (χ1) is 7.49. The van der Waals surface area contributed by atoms with Gasteiger partial charge in [0.25, 0.3) is 0 Å². The Morgan fingerprint density at radius 3 is 2.75 bits per heavy atom. The minimum atomic E-state index is -3.02. The van der Waals surface area contributed by atoms with Crippen LogP contribution in [0.25, 0.3) is 0 Å². The summed E-state index contributed by atoms with van der Waals surface area (Å²) < 4.78 is 23.6. The van der Waals surface area contributed by atoms with E-state index in [1.165, 1.54) is 5.56 Å². The van der Waals surface area contributed by atoms with Crippen molar-refractivity contribution in [2.24, 2.45) is 5.92 Å². The first-order valence-corrected chi connectivity index (χ1v) is 7.33. The fourth-order valence-electron chi connectivity index (χ4n) is 2.12. The largest absolute Gasteiger partial charge is 0.224 e. The van der Waals surface area contributed by atoms with E-state index in [1.807, 2.05) is 18.6 Å². The third-order valence-electron chi connectivity index (χ3n) is 2.80. The topological polar surface area (TPSA) is 34.1 Å². The average Bonchev–Trinajstić information content (AvgIpc) is 2.15. The summed E-state index contributed by atoms with van der Waals surface area (Å²) in [5, 5.41) is 0. The van der Waals surface area contributed by atoms with Gasteiger partial charge < -0.3 is 0 Å². The summed E-state index contributed by atoms with van der Waals surface area (Å²) in [6.45, 7) is 4.33. The average molecular weight is 237 g/mol. The van der Waals surface area contributed by atoms with E-state index in [9.17, 15) is 8.42 Å². The number of hydrogen-bond acceptors (Lipinski definition) is 2. The molecule has 0 spiro atoms. The maximum atomic E-state index is 11.8. The molecule has 2 nitrogen and oxygen atoms in total. The molecule has 0 aliphatic carbocycles. The Morgan fingerprint density at radius 1 is 1.31 bits per heavy atom. The Labute approximate surface area is 97.6 Å². The van der Waals surface area contributed by atoms with E-state index >= 15 is 0 Å². The molecule has 0 bridgehead atoms. The fourth-order valence-corrected chi connectivity index (χ4v) is 3.54. The van der Waals surface area contributed by atoms with Gasteiger partial charge in [-0.05, 0) is 42.4 Å². The summed E-state index contributed by atoms with van der Waals surface area (Å²) in [5.41, 5.74) is 2.12. The molecular weight excluding hydrogens is 220 g/mol. The molecule has 0 N–H and O–H groups in total. The molecule has 1 aliphatic heterocycles. The fraction of sp³-hybridized carbons (Fsp3) is 0.462. The molecule has 0 amide bonds. The standard InChI is InChI=1S/C13H17O2S/c1-10(2)8-11-5-6-13-12(9-11)4-3-7-16(13,14)15/h4-6,9-10H,3,7-8H2,1-2H3. The van der Waals surface area contributed by atoms with Crippen molar-refractivity contribution < 1.29 is 8.42 Å². The third kappa shape index (κ3) is 2.29. The highest BCUT2D eigenvalue weighted by molar-refractivity contribution is 7.91. The molecule has 3 heteroatoms. The van der Waals surface area contributed by atoms with Gasteiger partial charge >= 0.3 is 0 Å². The van der Waals surface area contributed by atoms with E-state index in [1.54, 1.807) is 6.07 Å². The van der Waals surface area contributed by atoms with Gasteiger partial charge in [0.15, 0.2) is 9.84 Å². The van der Waals surface area contributed by atoms with Crippen LogP contribution >= 0.6 is 0 Å². The van der Waals surface area contributed by atoms with Crippen molar-refractivity contribution in [3.8, 4) is 0 Å². The van der Waals surface area contributed by atoms with Gasteiger partial charge in [0.1, 0.15) is 0 Å². The van der Waals surface area contributed by atoms with E-state index < -0.39 is 9.84 Å². The summed E-state index contributed by atoms with van der Waals surface area (Å²) in [4.78, 5) is 0.506. The van der Waals surface area contributed by atoms with Crippen LogP contribution in [0.1, 0.15) is 31.4 Å². The van der Waals surface area contributed by atoms with E-state index in [4.69, 9.17) is 0 Å². The van der Waals surface area contributed by atoms with Crippen LogP contribution in [0.2, 0.25) is 0 Å². The van der Waals surface area contributed by atoms with Gasteiger partial charge in [-0.2, -0.15) is 0 Å². The van der Waals surface area contributed by atoms with Crippen LogP contribution in [-0.2, 0) is 16.3 Å². The number of sulfone groups is 1. The van der Waals surface area contributed by atoms with E-state index in [-0.39, 0.29) is 5.75 Å². The summed E-state index contributed by atoms with van der Waals surface area (Å²) in [5.74, 6) is 0.849. The van der Waals surface area contributed by atoms with Gasteiger partial charge in [-0.15, -0.1) is 0 Å². The van der Waals surface area contributed by atoms with Gasteiger partial charge in [-0.1, -0.05) is 26.0 Å². The van der Waals surface area contributed by atoms with Gasteiger partial charge in [0.05, 0.1) is 10.6 Å². The molecule has 0 fully saturated rings. The van der Waals surface area contributed by atoms with Crippen molar-refractivity contribution in [1.29, 1.82) is 0 Å². The molecular formula is C13H17O2S. The Kier molecular flexibility index (Phi) is 3.06. The highest BCUT2D eigenvalue weighted by Crippen LogP contribution is 2.27. The molecule has 0 aromatic heterocycles. The van der Waals surface area contributed by atoms with Crippen LogP contribution in [0.15, 0.2) is 23.1 Å². The van der Waals surface area contributed by atoms with Crippen LogP contribution in [0.5, 0.6) is 0 Å². The van der Waals surface area contributed by atoms with E-state index in [2.05, 4.69) is 13.8 Å². The highest BCUT2D eigenvalue weighted by atomic mass is 32.2. The minimum Gasteiger partial charge on any atom is -0.224 e. The number of hydrogen-bond donors (Lipinski definition) is 0. The molecule has 1 aromatic rings. The minimum absolute atomic E-state index is 0.253. The lowest BCUT2D eigenvalue weighted by Crippen LogP contribution is -2.15. The molecule has 0 unspecified atom stereocenters. The lowest BCUT2D eigenvalue weighted by atomic mass is 9.99. The summed E-state index contributed by atoms with van der Waals surface area (Å²) in [6.07, 6.45) is 3.67. The SMILES string of the molecule is CC(C)Cc1ccc2c(c1)[CH]CCS2(=O)=O. The van der Waals surface area contributed by atoms with Crippen molar-refractivity contribution >= 4 is 9.84 Å². The van der Waals surface area contributed by atoms with Crippen molar-refractivity contribution in [1.82, 2.24) is 0 Å². The van der Waals surface area contributed by atoms with Gasteiger partial charge in [0, 0.05) is 0 Å². The summed E-state index contributed by atoms with van der Waals surface area (Å²) in [6, 6.07) is 5.72. The molecule has 1 heterocycles. The predicted octanol–water partition coefficient (Wildman–Crippen LogP) is 2.61. The third-order valence-corrected chi connectivity index (χ3v) is 4.62. The van der Waals surface area contributed by atoms with Crippen LogP contribution in [0.3, 0.4) is 0 Å². The second kappa shape index (κ2) is 4.21. The van der Waals surface area contributed by atoms with Gasteiger partial charge in [0.2, 0.25) is 0 Å². The zero-order valence-electron chi connectivity index (χ0n) is 9.73. The Morgan fingerprint density at radius 2 is 2.06 bits per heavy atom. The van der Waals surface area contributed by atoms with Gasteiger partial charge in [-0.25, -0.2) is 8.42 Å². The van der Waals surface area contributed by atoms with Crippen molar-refractivity contribution in [3.05, 3.63) is 35.7 Å². The number of fused-ring (bicyclic) bond motifs is 1. The maximum absolute atomic E-state index is 11.8. The molecule has 1 aromatic carbocycles. The molecule has 0 saturated heterocycles. The van der Waals surface area contributed by atoms with Crippen LogP contribution in [0.4, 0.5) is 0 Å². The quantitative estimate of drug-likeness (QED) is 0.792. The molecule has 87 valence electrons. The predicted molar refractivity (Wildman–Crippen MR) is 65.1 cm³/mol. The van der Waals surface area contributed by atoms with Crippen molar-refractivity contribution in [2.45, 2.75) is 31.6 Å². The zero-order chi connectivity index (χ0) is 11.8. The molecule has 1 radical (unpaired) electrons. The lowest BCUT2D eigenvalue weighted by Gasteiger charge is -2.17. The van der Waals surface area contributed by atoms with E-state index in [0.717, 1.165) is 12.0 Å². The molecule has 0 saturated carbocycles. The zero-order valence-corrected chi connectivity index (χ0v) is 10.5. The maximum Gasteiger partial charge on any atom is 0.178 e. The Hall–Kier alpha value is -0.830. The molecule has 16 heavy (non-hydrogen) atoms. The monoisotopic (exact) mass is 237 g/mol. The second-order valence-electron chi connectivity index (χ2n) is 4.78. The number of benzene rings is 1. The van der Waals surface area contributed by atoms with Crippen molar-refractivity contribution in [2.75, 3.05) is 5.75 Å².